The second-order valence-corrected chi connectivity index (χ2v) is 4.60. The van der Waals surface area contributed by atoms with E-state index in [-0.39, 0.29) is 11.7 Å². The minimum atomic E-state index is -0.337. The Bertz CT molecular complexity index is 671. The molecule has 0 aromatic heterocycles. The van der Waals surface area contributed by atoms with Crippen LogP contribution in [0.5, 0.6) is 5.75 Å². The summed E-state index contributed by atoms with van der Waals surface area (Å²) in [5.74, 6) is -0.0951. The molecule has 110 valence electrons. The van der Waals surface area contributed by atoms with Gasteiger partial charge in [0.1, 0.15) is 11.6 Å². The Kier molecular flexibility index (Phi) is 4.42. The quantitative estimate of drug-likeness (QED) is 0.848. The van der Waals surface area contributed by atoms with Crippen LogP contribution in [0.4, 0.5) is 15.8 Å². The maximum atomic E-state index is 13.0. The van der Waals surface area contributed by atoms with Crippen molar-refractivity contribution in [3.8, 4) is 5.75 Å². The Morgan fingerprint density at radius 2 is 2.05 bits per heavy atom. The van der Waals surface area contributed by atoms with E-state index in [1.165, 1.54) is 18.2 Å². The minimum Gasteiger partial charge on any atom is -0.492 e. The Hall–Kier alpha value is -2.56. The highest BCUT2D eigenvalue weighted by molar-refractivity contribution is 6.05. The Morgan fingerprint density at radius 1 is 1.29 bits per heavy atom. The maximum Gasteiger partial charge on any atom is 0.255 e. The van der Waals surface area contributed by atoms with Crippen molar-refractivity contribution in [2.75, 3.05) is 17.7 Å². The first-order chi connectivity index (χ1) is 10.0. The molecule has 21 heavy (non-hydrogen) atoms. The average Bonchev–Trinajstić information content (AvgIpc) is 2.44. The van der Waals surface area contributed by atoms with E-state index >= 15 is 0 Å². The number of aryl methyl sites for hydroxylation is 1. The van der Waals surface area contributed by atoms with Crippen molar-refractivity contribution in [3.05, 3.63) is 53.3 Å². The van der Waals surface area contributed by atoms with Crippen LogP contribution in [0.1, 0.15) is 22.8 Å². The molecule has 0 spiro atoms. The predicted molar refractivity (Wildman–Crippen MR) is 81.1 cm³/mol. The first kappa shape index (κ1) is 14.8. The fraction of sp³-hybridized carbons (Fsp3) is 0.188. The average molecular weight is 288 g/mol. The lowest BCUT2D eigenvalue weighted by atomic mass is 10.1. The van der Waals surface area contributed by atoms with Crippen LogP contribution in [-0.2, 0) is 0 Å². The van der Waals surface area contributed by atoms with Crippen LogP contribution in [0.2, 0.25) is 0 Å². The van der Waals surface area contributed by atoms with E-state index in [4.69, 9.17) is 10.5 Å². The van der Waals surface area contributed by atoms with Gasteiger partial charge in [0.15, 0.2) is 0 Å². The maximum absolute atomic E-state index is 13.0. The van der Waals surface area contributed by atoms with Crippen molar-refractivity contribution in [1.82, 2.24) is 0 Å². The normalized spacial score (nSPS) is 10.2. The van der Waals surface area contributed by atoms with Crippen LogP contribution < -0.4 is 15.8 Å². The molecule has 2 aromatic rings. The van der Waals surface area contributed by atoms with Gasteiger partial charge in [-0.25, -0.2) is 4.39 Å². The van der Waals surface area contributed by atoms with E-state index in [1.54, 1.807) is 25.1 Å². The lowest BCUT2D eigenvalue weighted by molar-refractivity contribution is 0.102. The molecule has 0 aliphatic carbocycles. The Labute approximate surface area is 122 Å². The fourth-order valence-corrected chi connectivity index (χ4v) is 1.94. The first-order valence-electron chi connectivity index (χ1n) is 6.61. The highest BCUT2D eigenvalue weighted by Crippen LogP contribution is 2.23. The summed E-state index contributed by atoms with van der Waals surface area (Å²) in [6.45, 7) is 4.09. The second kappa shape index (κ2) is 6.26. The van der Waals surface area contributed by atoms with Crippen LogP contribution in [0.3, 0.4) is 0 Å². The minimum absolute atomic E-state index is 0.306. The van der Waals surface area contributed by atoms with Gasteiger partial charge in [0.25, 0.3) is 5.91 Å². The molecule has 0 saturated heterocycles. The molecule has 5 heteroatoms. The van der Waals surface area contributed by atoms with Gasteiger partial charge in [0, 0.05) is 11.3 Å². The predicted octanol–water partition coefficient (Wildman–Crippen LogP) is 3.37. The van der Waals surface area contributed by atoms with Gasteiger partial charge in [-0.1, -0.05) is 0 Å². The van der Waals surface area contributed by atoms with Crippen molar-refractivity contribution >= 4 is 17.3 Å². The topological polar surface area (TPSA) is 64.3 Å². The standard InChI is InChI=1S/C16H17FN2O2/c1-3-21-15-7-4-11(9-13(15)18)16(20)19-14-6-5-12(17)8-10(14)2/h4-9H,3,18H2,1-2H3,(H,19,20). The van der Waals surface area contributed by atoms with E-state index in [9.17, 15) is 9.18 Å². The molecule has 0 fully saturated rings. The summed E-state index contributed by atoms with van der Waals surface area (Å²) in [5, 5.41) is 2.73. The zero-order valence-electron chi connectivity index (χ0n) is 11.9. The number of halogens is 1. The van der Waals surface area contributed by atoms with Gasteiger partial charge in [0.2, 0.25) is 0 Å². The van der Waals surface area contributed by atoms with Gasteiger partial charge in [-0.3, -0.25) is 4.79 Å². The van der Waals surface area contributed by atoms with Gasteiger partial charge in [0.05, 0.1) is 12.3 Å². The summed E-state index contributed by atoms with van der Waals surface area (Å²) in [6, 6.07) is 9.04. The SMILES string of the molecule is CCOc1ccc(C(=O)Nc2ccc(F)cc2C)cc1N. The van der Waals surface area contributed by atoms with E-state index in [1.807, 2.05) is 6.92 Å². The van der Waals surface area contributed by atoms with Gasteiger partial charge in [-0.05, 0) is 55.8 Å². The molecular weight excluding hydrogens is 271 g/mol. The number of hydrogen-bond donors (Lipinski definition) is 2. The van der Waals surface area contributed by atoms with Crippen molar-refractivity contribution < 1.29 is 13.9 Å². The number of hydrogen-bond acceptors (Lipinski definition) is 3. The number of benzene rings is 2. The summed E-state index contributed by atoms with van der Waals surface area (Å²) < 4.78 is 18.4. The molecule has 0 radical (unpaired) electrons. The van der Waals surface area contributed by atoms with E-state index in [0.717, 1.165) is 0 Å². The molecule has 2 rings (SSSR count). The molecule has 0 heterocycles. The zero-order valence-corrected chi connectivity index (χ0v) is 11.9. The number of amides is 1. The van der Waals surface area contributed by atoms with E-state index < -0.39 is 0 Å². The fourth-order valence-electron chi connectivity index (χ4n) is 1.94. The van der Waals surface area contributed by atoms with Gasteiger partial charge < -0.3 is 15.8 Å². The van der Waals surface area contributed by atoms with Crippen LogP contribution in [0.15, 0.2) is 36.4 Å². The molecule has 0 saturated carbocycles. The number of carbonyl (C=O) groups is 1. The number of ether oxygens (including phenoxy) is 1. The zero-order chi connectivity index (χ0) is 15.4. The Balaban J connectivity index is 2.18. The van der Waals surface area contributed by atoms with E-state index in [2.05, 4.69) is 5.32 Å². The number of rotatable bonds is 4. The second-order valence-electron chi connectivity index (χ2n) is 4.60. The smallest absolute Gasteiger partial charge is 0.255 e. The number of nitrogen functional groups attached to an aromatic ring is 1. The number of nitrogens with one attached hydrogen (secondary N) is 1. The molecule has 2 aromatic carbocycles. The largest absolute Gasteiger partial charge is 0.492 e. The molecule has 4 nitrogen and oxygen atoms in total. The van der Waals surface area contributed by atoms with E-state index in [0.29, 0.717) is 34.9 Å². The van der Waals surface area contributed by atoms with Crippen molar-refractivity contribution in [2.24, 2.45) is 0 Å². The molecule has 0 atom stereocenters. The van der Waals surface area contributed by atoms with Gasteiger partial charge >= 0.3 is 0 Å². The lowest BCUT2D eigenvalue weighted by Crippen LogP contribution is -2.13. The summed E-state index contributed by atoms with van der Waals surface area (Å²) in [6.07, 6.45) is 0. The number of nitrogens with two attached hydrogens (primary N) is 1. The molecule has 3 N–H and O–H groups in total. The molecule has 0 unspecified atom stereocenters. The Morgan fingerprint density at radius 3 is 2.67 bits per heavy atom. The summed E-state index contributed by atoms with van der Waals surface area (Å²) in [4.78, 5) is 12.2. The van der Waals surface area contributed by atoms with Crippen molar-refractivity contribution in [3.63, 3.8) is 0 Å². The molecular formula is C16H17FN2O2. The first-order valence-corrected chi connectivity index (χ1v) is 6.61. The molecule has 1 amide bonds. The summed E-state index contributed by atoms with van der Waals surface area (Å²) in [7, 11) is 0. The third-order valence-electron chi connectivity index (χ3n) is 3.01. The number of carbonyl (C=O) groups excluding carboxylic acids is 1. The van der Waals surface area contributed by atoms with Gasteiger partial charge in [-0.2, -0.15) is 0 Å². The van der Waals surface area contributed by atoms with Crippen molar-refractivity contribution in [2.45, 2.75) is 13.8 Å². The third-order valence-corrected chi connectivity index (χ3v) is 3.01. The van der Waals surface area contributed by atoms with Crippen molar-refractivity contribution in [1.29, 1.82) is 0 Å². The monoisotopic (exact) mass is 288 g/mol. The summed E-state index contributed by atoms with van der Waals surface area (Å²) in [5.41, 5.74) is 7.87. The van der Waals surface area contributed by atoms with Crippen LogP contribution >= 0.6 is 0 Å². The van der Waals surface area contributed by atoms with Crippen LogP contribution in [0, 0.1) is 12.7 Å². The highest BCUT2D eigenvalue weighted by Gasteiger charge is 2.10. The third kappa shape index (κ3) is 3.51. The molecule has 0 bridgehead atoms. The highest BCUT2D eigenvalue weighted by atomic mass is 19.1. The van der Waals surface area contributed by atoms with Crippen LogP contribution in [-0.4, -0.2) is 12.5 Å². The van der Waals surface area contributed by atoms with Gasteiger partial charge in [-0.15, -0.1) is 0 Å². The summed E-state index contributed by atoms with van der Waals surface area (Å²) >= 11 is 0. The van der Waals surface area contributed by atoms with Crippen LogP contribution in [0.25, 0.3) is 0 Å². The lowest BCUT2D eigenvalue weighted by Gasteiger charge is -2.11. The molecule has 0 aliphatic rings. The number of anilines is 2. The molecule has 0 aliphatic heterocycles.